The van der Waals surface area contributed by atoms with Crippen molar-refractivity contribution in [2.45, 2.75) is 32.9 Å². The van der Waals surface area contributed by atoms with E-state index >= 15 is 0 Å². The maximum absolute atomic E-state index is 5.46. The zero-order valence-corrected chi connectivity index (χ0v) is 17.9. The predicted molar refractivity (Wildman–Crippen MR) is 112 cm³/mol. The molecule has 2 aromatic rings. The van der Waals surface area contributed by atoms with Crippen LogP contribution in [-0.2, 0) is 17.7 Å². The van der Waals surface area contributed by atoms with E-state index in [0.717, 1.165) is 35.4 Å². The molecule has 0 saturated carbocycles. The van der Waals surface area contributed by atoms with Gasteiger partial charge in [-0.1, -0.05) is 17.7 Å². The number of benzene rings is 1. The molecule has 1 aromatic carbocycles. The largest absolute Gasteiger partial charge is 0.496 e. The summed E-state index contributed by atoms with van der Waals surface area (Å²) in [5.74, 6) is 1.77. The van der Waals surface area contributed by atoms with Crippen molar-refractivity contribution in [3.05, 3.63) is 45.4 Å². The van der Waals surface area contributed by atoms with E-state index in [0.29, 0.717) is 6.54 Å². The average Bonchev–Trinajstić information content (AvgIpc) is 3.13. The van der Waals surface area contributed by atoms with Crippen molar-refractivity contribution in [2.24, 2.45) is 4.99 Å². The molecule has 0 bridgehead atoms. The summed E-state index contributed by atoms with van der Waals surface area (Å²) in [5, 5.41) is 6.49. The molecule has 7 heteroatoms. The summed E-state index contributed by atoms with van der Waals surface area (Å²) in [6.45, 7) is 5.57. The third kappa shape index (κ3) is 5.94. The average molecular weight is 391 g/mol. The Morgan fingerprint density at radius 3 is 2.81 bits per heavy atom. The van der Waals surface area contributed by atoms with E-state index in [4.69, 9.17) is 9.47 Å². The molecule has 27 heavy (non-hydrogen) atoms. The molecule has 0 aliphatic rings. The van der Waals surface area contributed by atoms with Gasteiger partial charge in [0.05, 0.1) is 19.3 Å². The van der Waals surface area contributed by atoms with Crippen molar-refractivity contribution in [2.75, 3.05) is 34.9 Å². The van der Waals surface area contributed by atoms with Crippen molar-refractivity contribution in [1.82, 2.24) is 15.2 Å². The summed E-state index contributed by atoms with van der Waals surface area (Å²) >= 11 is 1.63. The Labute approximate surface area is 166 Å². The molecule has 0 amide bonds. The van der Waals surface area contributed by atoms with Crippen molar-refractivity contribution in [1.29, 1.82) is 0 Å². The fourth-order valence-electron chi connectivity index (χ4n) is 2.80. The Morgan fingerprint density at radius 1 is 1.37 bits per heavy atom. The van der Waals surface area contributed by atoms with Crippen LogP contribution >= 0.6 is 11.3 Å². The topological polar surface area (TPSA) is 59.0 Å². The summed E-state index contributed by atoms with van der Waals surface area (Å²) in [6, 6.07) is 6.25. The Balaban J connectivity index is 1.91. The number of ether oxygens (including phenoxy) is 2. The van der Waals surface area contributed by atoms with Gasteiger partial charge >= 0.3 is 0 Å². The maximum atomic E-state index is 5.46. The van der Waals surface area contributed by atoms with Crippen LogP contribution in [0.1, 0.15) is 34.9 Å². The monoisotopic (exact) mass is 390 g/mol. The first-order chi connectivity index (χ1) is 13.0. The van der Waals surface area contributed by atoms with Gasteiger partial charge in [-0.25, -0.2) is 4.98 Å². The molecule has 0 aliphatic carbocycles. The van der Waals surface area contributed by atoms with Crippen LogP contribution in [0.5, 0.6) is 5.75 Å². The normalized spacial score (nSPS) is 12.7. The van der Waals surface area contributed by atoms with Crippen LogP contribution in [0.15, 0.2) is 28.6 Å². The molecule has 1 N–H and O–H groups in total. The van der Waals surface area contributed by atoms with E-state index in [1.165, 1.54) is 11.1 Å². The number of nitrogens with one attached hydrogen (secondary N) is 1. The van der Waals surface area contributed by atoms with Crippen molar-refractivity contribution < 1.29 is 9.47 Å². The van der Waals surface area contributed by atoms with E-state index in [9.17, 15) is 0 Å². The minimum absolute atomic E-state index is 0.0239. The number of methoxy groups -OCH3 is 2. The molecule has 0 fully saturated rings. The van der Waals surface area contributed by atoms with Crippen molar-refractivity contribution >= 4 is 17.3 Å². The Morgan fingerprint density at radius 2 is 2.15 bits per heavy atom. The smallest absolute Gasteiger partial charge is 0.193 e. The van der Waals surface area contributed by atoms with Crippen LogP contribution in [0.25, 0.3) is 0 Å². The minimum Gasteiger partial charge on any atom is -0.496 e. The number of rotatable bonds is 8. The molecule has 1 aromatic heterocycles. The first-order valence-corrected chi connectivity index (χ1v) is 9.88. The van der Waals surface area contributed by atoms with E-state index in [1.54, 1.807) is 32.6 Å². The van der Waals surface area contributed by atoms with Crippen LogP contribution < -0.4 is 10.1 Å². The fourth-order valence-corrected chi connectivity index (χ4v) is 3.64. The lowest BCUT2D eigenvalue weighted by Gasteiger charge is -2.21. The summed E-state index contributed by atoms with van der Waals surface area (Å²) in [4.78, 5) is 11.1. The molecular formula is C20H30N4O2S. The van der Waals surface area contributed by atoms with Gasteiger partial charge in [0.25, 0.3) is 0 Å². The van der Waals surface area contributed by atoms with Gasteiger partial charge in [-0.05, 0) is 31.9 Å². The van der Waals surface area contributed by atoms with Gasteiger partial charge in [-0.15, -0.1) is 11.3 Å². The highest BCUT2D eigenvalue weighted by molar-refractivity contribution is 7.09. The highest BCUT2D eigenvalue weighted by atomic mass is 32.1. The highest BCUT2D eigenvalue weighted by Gasteiger charge is 2.13. The van der Waals surface area contributed by atoms with Gasteiger partial charge in [0, 0.05) is 33.1 Å². The van der Waals surface area contributed by atoms with Gasteiger partial charge in [0.2, 0.25) is 0 Å². The Kier molecular flexibility index (Phi) is 8.06. The van der Waals surface area contributed by atoms with Crippen LogP contribution in [0.2, 0.25) is 0 Å². The number of hydrogen-bond acceptors (Lipinski definition) is 5. The molecular weight excluding hydrogens is 360 g/mol. The number of hydrogen-bond donors (Lipinski definition) is 1. The lowest BCUT2D eigenvalue weighted by Crippen LogP contribution is -2.39. The predicted octanol–water partition coefficient (Wildman–Crippen LogP) is 3.42. The number of nitrogens with zero attached hydrogens (tertiary/aromatic N) is 3. The van der Waals surface area contributed by atoms with E-state index in [1.807, 2.05) is 20.0 Å². The molecule has 0 aliphatic heterocycles. The quantitative estimate of drug-likeness (QED) is 0.553. The zero-order valence-electron chi connectivity index (χ0n) is 17.1. The fraction of sp³-hybridized carbons (Fsp3) is 0.500. The van der Waals surface area contributed by atoms with E-state index in [-0.39, 0.29) is 6.10 Å². The summed E-state index contributed by atoms with van der Waals surface area (Å²) in [5.41, 5.74) is 3.45. The Bertz CT molecular complexity index is 760. The molecule has 1 unspecified atom stereocenters. The molecule has 0 spiro atoms. The highest BCUT2D eigenvalue weighted by Crippen LogP contribution is 2.21. The summed E-state index contributed by atoms with van der Waals surface area (Å²) in [7, 11) is 7.22. The first-order valence-electron chi connectivity index (χ1n) is 9.00. The second-order valence-electron chi connectivity index (χ2n) is 6.45. The molecule has 2 rings (SSSR count). The molecule has 6 nitrogen and oxygen atoms in total. The van der Waals surface area contributed by atoms with Gasteiger partial charge in [0.15, 0.2) is 5.96 Å². The van der Waals surface area contributed by atoms with Crippen molar-refractivity contribution in [3.63, 3.8) is 0 Å². The van der Waals surface area contributed by atoms with Crippen LogP contribution in [-0.4, -0.2) is 50.7 Å². The Hall–Kier alpha value is -2.12. The molecule has 1 atom stereocenters. The molecule has 0 radical (unpaired) electrons. The molecule has 148 valence electrons. The second-order valence-corrected chi connectivity index (χ2v) is 7.34. The van der Waals surface area contributed by atoms with E-state index < -0.39 is 0 Å². The number of thiazole rings is 1. The maximum Gasteiger partial charge on any atom is 0.193 e. The molecule has 1 heterocycles. The molecule has 0 saturated heterocycles. The third-order valence-corrected chi connectivity index (χ3v) is 5.41. The van der Waals surface area contributed by atoms with Crippen molar-refractivity contribution in [3.8, 4) is 5.75 Å². The van der Waals surface area contributed by atoms with Gasteiger partial charge in [-0.3, -0.25) is 4.99 Å². The lowest BCUT2D eigenvalue weighted by molar-refractivity contribution is 0.119. The first kappa shape index (κ1) is 21.2. The summed E-state index contributed by atoms with van der Waals surface area (Å²) < 4.78 is 10.8. The zero-order chi connectivity index (χ0) is 19.8. The summed E-state index contributed by atoms with van der Waals surface area (Å²) in [6.07, 6.45) is 0.889. The number of aryl methyl sites for hydroxylation is 1. The van der Waals surface area contributed by atoms with Gasteiger partial charge in [0.1, 0.15) is 16.9 Å². The third-order valence-electron chi connectivity index (χ3n) is 4.36. The van der Waals surface area contributed by atoms with Gasteiger partial charge in [-0.2, -0.15) is 0 Å². The van der Waals surface area contributed by atoms with E-state index in [2.05, 4.69) is 44.6 Å². The number of aliphatic imine (C=N–C) groups is 1. The lowest BCUT2D eigenvalue weighted by atomic mass is 10.1. The second kappa shape index (κ2) is 10.3. The van der Waals surface area contributed by atoms with Crippen LogP contribution in [0.3, 0.4) is 0 Å². The number of aromatic nitrogens is 1. The van der Waals surface area contributed by atoms with Crippen LogP contribution in [0.4, 0.5) is 0 Å². The SMILES string of the molecule is CN=C(NCCc1cc(C)ccc1OC)N(C)Cc1csc(C(C)OC)n1. The van der Waals surface area contributed by atoms with Gasteiger partial charge < -0.3 is 19.7 Å². The van der Waals surface area contributed by atoms with Crippen LogP contribution in [0, 0.1) is 6.92 Å². The standard InChI is InChI=1S/C20H30N4O2S/c1-14-7-8-18(26-6)16(11-14)9-10-22-20(21-3)24(4)12-17-13-27-19(23-17)15(2)25-5/h7-8,11,13,15H,9-10,12H2,1-6H3,(H,21,22). The number of guanidine groups is 1. The minimum atomic E-state index is 0.0239.